The Labute approximate surface area is 93.6 Å². The molecule has 1 amide bonds. The molecule has 1 atom stereocenters. The van der Waals surface area contributed by atoms with E-state index < -0.39 is 12.0 Å². The van der Waals surface area contributed by atoms with Crippen molar-refractivity contribution in [3.05, 3.63) is 35.9 Å². The lowest BCUT2D eigenvalue weighted by atomic mass is 10.1. The number of rotatable bonds is 4. The molecule has 0 bridgehead atoms. The monoisotopic (exact) mass is 219 g/mol. The van der Waals surface area contributed by atoms with Crippen LogP contribution in [0.1, 0.15) is 12.5 Å². The van der Waals surface area contributed by atoms with E-state index >= 15 is 0 Å². The molecular formula is C12H13NO3. The van der Waals surface area contributed by atoms with Crippen LogP contribution in [0.25, 0.3) is 6.08 Å². The van der Waals surface area contributed by atoms with Crippen LogP contribution in [0, 0.1) is 0 Å². The van der Waals surface area contributed by atoms with Crippen LogP contribution >= 0.6 is 0 Å². The van der Waals surface area contributed by atoms with Gasteiger partial charge in [0.1, 0.15) is 12.4 Å². The van der Waals surface area contributed by atoms with Gasteiger partial charge in [-0.1, -0.05) is 18.2 Å². The van der Waals surface area contributed by atoms with Crippen LogP contribution in [-0.4, -0.2) is 23.4 Å². The summed E-state index contributed by atoms with van der Waals surface area (Å²) >= 11 is 0. The van der Waals surface area contributed by atoms with Gasteiger partial charge < -0.3 is 10.4 Å². The Hall–Kier alpha value is -1.94. The van der Waals surface area contributed by atoms with Gasteiger partial charge in [0.2, 0.25) is 0 Å². The largest absolute Gasteiger partial charge is 0.384 e. The molecule has 0 aliphatic heterocycles. The molecule has 1 aromatic carbocycles. The molecule has 0 radical (unpaired) electrons. The number of benzene rings is 1. The van der Waals surface area contributed by atoms with Crippen molar-refractivity contribution in [2.45, 2.75) is 13.0 Å². The number of allylic oxidation sites excluding steroid dienone is 1. The highest BCUT2D eigenvalue weighted by Crippen LogP contribution is 2.16. The highest BCUT2D eigenvalue weighted by Gasteiger charge is 2.09. The third-order valence-electron chi connectivity index (χ3n) is 1.95. The Kier molecular flexibility index (Phi) is 4.42. The van der Waals surface area contributed by atoms with Gasteiger partial charge in [-0.15, -0.1) is 0 Å². The molecule has 84 valence electrons. The second-order valence-electron chi connectivity index (χ2n) is 3.25. The van der Waals surface area contributed by atoms with Crippen molar-refractivity contribution in [3.63, 3.8) is 0 Å². The van der Waals surface area contributed by atoms with Gasteiger partial charge in [-0.2, -0.15) is 0 Å². The maximum atomic E-state index is 11.3. The van der Waals surface area contributed by atoms with Crippen molar-refractivity contribution in [1.82, 2.24) is 0 Å². The first-order valence-electron chi connectivity index (χ1n) is 4.85. The predicted molar refractivity (Wildman–Crippen MR) is 61.9 cm³/mol. The molecule has 0 aromatic heterocycles. The summed E-state index contributed by atoms with van der Waals surface area (Å²) in [7, 11) is 0. The van der Waals surface area contributed by atoms with E-state index in [1.807, 2.05) is 0 Å². The molecule has 0 heterocycles. The number of para-hydroxylation sites is 1. The number of aliphatic hydroxyl groups is 1. The van der Waals surface area contributed by atoms with Gasteiger partial charge >= 0.3 is 0 Å². The van der Waals surface area contributed by atoms with Crippen molar-refractivity contribution >= 4 is 24.0 Å². The molecule has 2 N–H and O–H groups in total. The molecule has 1 rings (SSSR count). The zero-order chi connectivity index (χ0) is 12.0. The standard InChI is InChI=1S/C12H13NO3/c1-9(15)12(16)13-11-7-3-2-5-10(11)6-4-8-14/h2-9,15H,1H3,(H,13,16)/b6-4+. The number of hydrogen-bond donors (Lipinski definition) is 2. The first-order valence-corrected chi connectivity index (χ1v) is 4.85. The van der Waals surface area contributed by atoms with Gasteiger partial charge in [-0.3, -0.25) is 9.59 Å². The molecule has 0 spiro atoms. The van der Waals surface area contributed by atoms with Crippen molar-refractivity contribution in [2.75, 3.05) is 5.32 Å². The second kappa shape index (κ2) is 5.82. The average molecular weight is 219 g/mol. The number of anilines is 1. The van der Waals surface area contributed by atoms with E-state index in [0.717, 1.165) is 0 Å². The van der Waals surface area contributed by atoms with Gasteiger partial charge in [-0.25, -0.2) is 0 Å². The number of hydrogen-bond acceptors (Lipinski definition) is 3. The van der Waals surface area contributed by atoms with Crippen LogP contribution in [0.5, 0.6) is 0 Å². The number of amides is 1. The summed E-state index contributed by atoms with van der Waals surface area (Å²) in [5, 5.41) is 11.6. The summed E-state index contributed by atoms with van der Waals surface area (Å²) < 4.78 is 0. The van der Waals surface area contributed by atoms with Crippen LogP contribution < -0.4 is 5.32 Å². The van der Waals surface area contributed by atoms with E-state index in [9.17, 15) is 9.59 Å². The summed E-state index contributed by atoms with van der Waals surface area (Å²) in [6, 6.07) is 7.01. The Morgan fingerprint density at radius 3 is 2.75 bits per heavy atom. The number of nitrogens with one attached hydrogen (secondary N) is 1. The molecule has 1 unspecified atom stereocenters. The minimum atomic E-state index is -1.07. The van der Waals surface area contributed by atoms with Crippen molar-refractivity contribution in [2.24, 2.45) is 0 Å². The molecule has 0 fully saturated rings. The first-order chi connectivity index (χ1) is 7.65. The Morgan fingerprint density at radius 1 is 1.44 bits per heavy atom. The highest BCUT2D eigenvalue weighted by atomic mass is 16.3. The lowest BCUT2D eigenvalue weighted by molar-refractivity contribution is -0.123. The Balaban J connectivity index is 2.90. The molecule has 0 saturated heterocycles. The fourth-order valence-electron chi connectivity index (χ4n) is 1.14. The smallest absolute Gasteiger partial charge is 0.252 e. The maximum absolute atomic E-state index is 11.3. The van der Waals surface area contributed by atoms with E-state index in [-0.39, 0.29) is 0 Å². The van der Waals surface area contributed by atoms with Crippen LogP contribution in [0.4, 0.5) is 5.69 Å². The molecule has 1 aromatic rings. The van der Waals surface area contributed by atoms with Crippen molar-refractivity contribution < 1.29 is 14.7 Å². The average Bonchev–Trinajstić information content (AvgIpc) is 2.27. The predicted octanol–water partition coefficient (Wildman–Crippen LogP) is 1.22. The van der Waals surface area contributed by atoms with E-state index in [1.54, 1.807) is 30.3 Å². The molecule has 4 nitrogen and oxygen atoms in total. The number of aliphatic hydroxyl groups excluding tert-OH is 1. The third kappa shape index (κ3) is 3.33. The Bertz CT molecular complexity index is 410. The lowest BCUT2D eigenvalue weighted by Gasteiger charge is -2.09. The summed E-state index contributed by atoms with van der Waals surface area (Å²) in [5.74, 6) is -0.480. The maximum Gasteiger partial charge on any atom is 0.252 e. The van der Waals surface area contributed by atoms with Gasteiger partial charge in [0.25, 0.3) is 5.91 Å². The first kappa shape index (κ1) is 12.1. The fraction of sp³-hybridized carbons (Fsp3) is 0.167. The minimum absolute atomic E-state index is 0.480. The zero-order valence-corrected chi connectivity index (χ0v) is 8.88. The van der Waals surface area contributed by atoms with Crippen molar-refractivity contribution in [3.8, 4) is 0 Å². The van der Waals surface area contributed by atoms with Crippen LogP contribution in [0.3, 0.4) is 0 Å². The summed E-state index contributed by atoms with van der Waals surface area (Å²) in [6.07, 6.45) is 2.52. The fourth-order valence-corrected chi connectivity index (χ4v) is 1.14. The van der Waals surface area contributed by atoms with Crippen molar-refractivity contribution in [1.29, 1.82) is 0 Å². The minimum Gasteiger partial charge on any atom is -0.384 e. The van der Waals surface area contributed by atoms with Crippen LogP contribution in [0.2, 0.25) is 0 Å². The van der Waals surface area contributed by atoms with Crippen LogP contribution in [0.15, 0.2) is 30.3 Å². The molecule has 0 aliphatic carbocycles. The number of aldehydes is 1. The molecule has 16 heavy (non-hydrogen) atoms. The highest BCUT2D eigenvalue weighted by molar-refractivity contribution is 5.95. The summed E-state index contributed by atoms with van der Waals surface area (Å²) in [5.41, 5.74) is 1.27. The van der Waals surface area contributed by atoms with E-state index in [2.05, 4.69) is 5.32 Å². The molecular weight excluding hydrogens is 206 g/mol. The summed E-state index contributed by atoms with van der Waals surface area (Å²) in [6.45, 7) is 1.39. The molecule has 0 aliphatic rings. The Morgan fingerprint density at radius 2 is 2.12 bits per heavy atom. The summed E-state index contributed by atoms with van der Waals surface area (Å²) in [4.78, 5) is 21.5. The van der Waals surface area contributed by atoms with Gasteiger partial charge in [0, 0.05) is 5.69 Å². The normalized spacial score (nSPS) is 12.4. The van der Waals surface area contributed by atoms with E-state index in [1.165, 1.54) is 13.0 Å². The molecule has 0 saturated carbocycles. The van der Waals surface area contributed by atoms with Gasteiger partial charge in [0.15, 0.2) is 0 Å². The van der Waals surface area contributed by atoms with Gasteiger partial charge in [0.05, 0.1) is 0 Å². The molecule has 4 heteroatoms. The third-order valence-corrected chi connectivity index (χ3v) is 1.95. The second-order valence-corrected chi connectivity index (χ2v) is 3.25. The number of carbonyl (C=O) groups is 2. The SMILES string of the molecule is CC(O)C(=O)Nc1ccccc1/C=C/C=O. The quantitative estimate of drug-likeness (QED) is 0.591. The number of carbonyl (C=O) groups excluding carboxylic acids is 2. The van der Waals surface area contributed by atoms with E-state index in [4.69, 9.17) is 5.11 Å². The van der Waals surface area contributed by atoms with Gasteiger partial charge in [-0.05, 0) is 30.7 Å². The lowest BCUT2D eigenvalue weighted by Crippen LogP contribution is -2.24. The van der Waals surface area contributed by atoms with E-state index in [0.29, 0.717) is 17.5 Å². The zero-order valence-electron chi connectivity index (χ0n) is 8.88. The topological polar surface area (TPSA) is 66.4 Å². The van der Waals surface area contributed by atoms with Crippen LogP contribution in [-0.2, 0) is 9.59 Å².